The molecule has 0 bridgehead atoms. The van der Waals surface area contributed by atoms with Crippen LogP contribution in [-0.4, -0.2) is 28.0 Å². The summed E-state index contributed by atoms with van der Waals surface area (Å²) < 4.78 is 0. The van der Waals surface area contributed by atoms with Gasteiger partial charge in [0.15, 0.2) is 0 Å². The standard InChI is InChI=1S/C13H20N4S/c1-9-8-11(12(14)18)16-13(15-9)17(2)10-6-4-3-5-7-10/h8,10H,3-7H2,1-2H3,(H2,14,18). The molecule has 1 heterocycles. The van der Waals surface area contributed by atoms with E-state index in [0.29, 0.717) is 16.7 Å². The van der Waals surface area contributed by atoms with Crippen LogP contribution < -0.4 is 10.6 Å². The van der Waals surface area contributed by atoms with Gasteiger partial charge in [0.1, 0.15) is 10.7 Å². The number of aryl methyl sites for hydroxylation is 1. The van der Waals surface area contributed by atoms with E-state index in [1.165, 1.54) is 32.1 Å². The average molecular weight is 264 g/mol. The highest BCUT2D eigenvalue weighted by atomic mass is 32.1. The van der Waals surface area contributed by atoms with Gasteiger partial charge in [-0.1, -0.05) is 31.5 Å². The van der Waals surface area contributed by atoms with E-state index < -0.39 is 0 Å². The second-order valence-electron chi connectivity index (χ2n) is 4.96. The molecule has 1 aliphatic rings. The number of hydrogen-bond acceptors (Lipinski definition) is 4. The monoisotopic (exact) mass is 264 g/mol. The average Bonchev–Trinajstić information content (AvgIpc) is 2.38. The lowest BCUT2D eigenvalue weighted by Gasteiger charge is -2.31. The lowest BCUT2D eigenvalue weighted by atomic mass is 9.95. The second-order valence-corrected chi connectivity index (χ2v) is 5.40. The van der Waals surface area contributed by atoms with Crippen LogP contribution in [0.5, 0.6) is 0 Å². The van der Waals surface area contributed by atoms with Gasteiger partial charge in [-0.15, -0.1) is 0 Å². The number of nitrogens with zero attached hydrogens (tertiary/aromatic N) is 3. The van der Waals surface area contributed by atoms with Crippen LogP contribution in [0.2, 0.25) is 0 Å². The molecule has 1 aromatic rings. The molecule has 0 unspecified atom stereocenters. The van der Waals surface area contributed by atoms with Crippen molar-refractivity contribution in [3.8, 4) is 0 Å². The van der Waals surface area contributed by atoms with Crippen molar-refractivity contribution >= 4 is 23.2 Å². The van der Waals surface area contributed by atoms with Gasteiger partial charge in [0, 0.05) is 18.8 Å². The van der Waals surface area contributed by atoms with Crippen LogP contribution in [0.4, 0.5) is 5.95 Å². The maximum absolute atomic E-state index is 5.65. The van der Waals surface area contributed by atoms with E-state index in [4.69, 9.17) is 18.0 Å². The Balaban J connectivity index is 2.23. The van der Waals surface area contributed by atoms with E-state index in [-0.39, 0.29) is 0 Å². The number of thiocarbonyl (C=S) groups is 1. The largest absolute Gasteiger partial charge is 0.388 e. The van der Waals surface area contributed by atoms with E-state index in [1.807, 2.05) is 13.0 Å². The SMILES string of the molecule is Cc1cc(C(N)=S)nc(N(C)C2CCCCC2)n1. The van der Waals surface area contributed by atoms with Gasteiger partial charge in [0.05, 0.1) is 0 Å². The Morgan fingerprint density at radius 3 is 2.61 bits per heavy atom. The molecule has 2 N–H and O–H groups in total. The van der Waals surface area contributed by atoms with Crippen LogP contribution in [0.1, 0.15) is 43.5 Å². The van der Waals surface area contributed by atoms with E-state index in [2.05, 4.69) is 21.9 Å². The highest BCUT2D eigenvalue weighted by Gasteiger charge is 2.20. The van der Waals surface area contributed by atoms with Crippen molar-refractivity contribution in [2.75, 3.05) is 11.9 Å². The number of hydrogen-bond donors (Lipinski definition) is 1. The molecule has 0 aromatic carbocycles. The van der Waals surface area contributed by atoms with Crippen molar-refractivity contribution in [2.45, 2.75) is 45.1 Å². The zero-order valence-electron chi connectivity index (χ0n) is 11.0. The molecule has 0 aliphatic heterocycles. The summed E-state index contributed by atoms with van der Waals surface area (Å²) in [5.41, 5.74) is 7.22. The predicted molar refractivity (Wildman–Crippen MR) is 77.9 cm³/mol. The molecular weight excluding hydrogens is 244 g/mol. The molecule has 5 heteroatoms. The van der Waals surface area contributed by atoms with Crippen LogP contribution >= 0.6 is 12.2 Å². The smallest absolute Gasteiger partial charge is 0.226 e. The molecule has 1 fully saturated rings. The molecule has 0 saturated heterocycles. The molecule has 98 valence electrons. The fourth-order valence-corrected chi connectivity index (χ4v) is 2.57. The summed E-state index contributed by atoms with van der Waals surface area (Å²) in [6, 6.07) is 2.38. The molecule has 0 radical (unpaired) electrons. The Labute approximate surface area is 114 Å². The minimum atomic E-state index is 0.332. The van der Waals surface area contributed by atoms with Crippen molar-refractivity contribution in [1.29, 1.82) is 0 Å². The van der Waals surface area contributed by atoms with Gasteiger partial charge >= 0.3 is 0 Å². The molecule has 1 saturated carbocycles. The Kier molecular flexibility index (Phi) is 4.11. The molecule has 18 heavy (non-hydrogen) atoms. The van der Waals surface area contributed by atoms with Gasteiger partial charge in [0.25, 0.3) is 0 Å². The van der Waals surface area contributed by atoms with Crippen molar-refractivity contribution in [3.63, 3.8) is 0 Å². The van der Waals surface area contributed by atoms with Crippen molar-refractivity contribution in [2.24, 2.45) is 5.73 Å². The summed E-state index contributed by atoms with van der Waals surface area (Å²) >= 11 is 4.99. The maximum atomic E-state index is 5.65. The van der Waals surface area contributed by atoms with Crippen LogP contribution in [0.3, 0.4) is 0 Å². The second kappa shape index (κ2) is 5.61. The molecule has 2 rings (SSSR count). The van der Waals surface area contributed by atoms with Crippen molar-refractivity contribution in [3.05, 3.63) is 17.5 Å². The quantitative estimate of drug-likeness (QED) is 0.848. The maximum Gasteiger partial charge on any atom is 0.226 e. The number of rotatable bonds is 3. The van der Waals surface area contributed by atoms with Gasteiger partial charge in [-0.25, -0.2) is 9.97 Å². The number of anilines is 1. The first-order chi connectivity index (χ1) is 8.58. The Morgan fingerprint density at radius 1 is 1.33 bits per heavy atom. The van der Waals surface area contributed by atoms with E-state index in [0.717, 1.165) is 11.6 Å². The fourth-order valence-electron chi connectivity index (χ4n) is 2.47. The van der Waals surface area contributed by atoms with Crippen molar-refractivity contribution in [1.82, 2.24) is 9.97 Å². The van der Waals surface area contributed by atoms with Crippen LogP contribution in [0.25, 0.3) is 0 Å². The van der Waals surface area contributed by atoms with Gasteiger partial charge in [0.2, 0.25) is 5.95 Å². The summed E-state index contributed by atoms with van der Waals surface area (Å²) in [6.45, 7) is 1.95. The van der Waals surface area contributed by atoms with Crippen LogP contribution in [-0.2, 0) is 0 Å². The van der Waals surface area contributed by atoms with Crippen LogP contribution in [0.15, 0.2) is 6.07 Å². The normalized spacial score (nSPS) is 16.6. The first kappa shape index (κ1) is 13.2. The molecule has 1 aromatic heterocycles. The Hall–Kier alpha value is -1.23. The summed E-state index contributed by atoms with van der Waals surface area (Å²) in [4.78, 5) is 11.5. The Bertz CT molecular complexity index is 441. The molecule has 4 nitrogen and oxygen atoms in total. The lowest BCUT2D eigenvalue weighted by Crippen LogP contribution is -2.35. The summed E-state index contributed by atoms with van der Waals surface area (Å²) in [7, 11) is 2.06. The third-order valence-electron chi connectivity index (χ3n) is 3.53. The molecule has 0 amide bonds. The van der Waals surface area contributed by atoms with Crippen LogP contribution in [0, 0.1) is 6.92 Å². The third kappa shape index (κ3) is 2.96. The van der Waals surface area contributed by atoms with Gasteiger partial charge < -0.3 is 10.6 Å². The first-order valence-electron chi connectivity index (χ1n) is 6.46. The molecule has 0 atom stereocenters. The van der Waals surface area contributed by atoms with E-state index >= 15 is 0 Å². The highest BCUT2D eigenvalue weighted by Crippen LogP contribution is 2.24. The van der Waals surface area contributed by atoms with Gasteiger partial charge in [-0.2, -0.15) is 0 Å². The predicted octanol–water partition coefficient (Wildman–Crippen LogP) is 2.19. The minimum absolute atomic E-state index is 0.332. The summed E-state index contributed by atoms with van der Waals surface area (Å²) in [5.74, 6) is 0.740. The zero-order chi connectivity index (χ0) is 13.1. The number of aromatic nitrogens is 2. The van der Waals surface area contributed by atoms with Gasteiger partial charge in [-0.3, -0.25) is 0 Å². The third-order valence-corrected chi connectivity index (χ3v) is 3.74. The van der Waals surface area contributed by atoms with Crippen molar-refractivity contribution < 1.29 is 0 Å². The minimum Gasteiger partial charge on any atom is -0.388 e. The molecular formula is C13H20N4S. The zero-order valence-corrected chi connectivity index (χ0v) is 11.8. The molecule has 1 aliphatic carbocycles. The van der Waals surface area contributed by atoms with Gasteiger partial charge in [-0.05, 0) is 25.8 Å². The number of nitrogens with two attached hydrogens (primary N) is 1. The topological polar surface area (TPSA) is 55.0 Å². The first-order valence-corrected chi connectivity index (χ1v) is 6.87. The lowest BCUT2D eigenvalue weighted by molar-refractivity contribution is 0.424. The van der Waals surface area contributed by atoms with E-state index in [9.17, 15) is 0 Å². The van der Waals surface area contributed by atoms with E-state index in [1.54, 1.807) is 0 Å². The highest BCUT2D eigenvalue weighted by molar-refractivity contribution is 7.80. The molecule has 0 spiro atoms. The summed E-state index contributed by atoms with van der Waals surface area (Å²) in [6.07, 6.45) is 6.37. The Morgan fingerprint density at radius 2 is 2.00 bits per heavy atom. The fraction of sp³-hybridized carbons (Fsp3) is 0.615. The summed E-state index contributed by atoms with van der Waals surface area (Å²) in [5, 5.41) is 0.